The normalized spacial score (nSPS) is 28.3. The molecular formula is C11H19NO. The molecule has 1 fully saturated rings. The van der Waals surface area contributed by atoms with Crippen LogP contribution < -0.4 is 0 Å². The van der Waals surface area contributed by atoms with Gasteiger partial charge in [-0.3, -0.25) is 0 Å². The molecule has 0 N–H and O–H groups in total. The van der Waals surface area contributed by atoms with Crippen LogP contribution in [0.5, 0.6) is 0 Å². The molecule has 0 aromatic carbocycles. The molecule has 0 spiro atoms. The maximum atomic E-state index is 5.09. The topological polar surface area (TPSA) is 21.6 Å². The summed E-state index contributed by atoms with van der Waals surface area (Å²) >= 11 is 0. The van der Waals surface area contributed by atoms with E-state index in [4.69, 9.17) is 4.84 Å². The molecule has 2 atom stereocenters. The molecule has 0 aromatic heterocycles. The van der Waals surface area contributed by atoms with Gasteiger partial charge in [-0.05, 0) is 31.1 Å². The molecule has 2 nitrogen and oxygen atoms in total. The lowest BCUT2D eigenvalue weighted by Crippen LogP contribution is -2.19. The monoisotopic (exact) mass is 181 g/mol. The molecule has 0 radical (unpaired) electrons. The Morgan fingerprint density at radius 2 is 2.08 bits per heavy atom. The average Bonchev–Trinajstić information content (AvgIpc) is 2.03. The standard InChI is InChI=1S/C11H19NO/c1-4-5-13-12-11-7-9(2)6-10(3)8-11/h4,9-10H,1,5-8H2,2-3H3. The van der Waals surface area contributed by atoms with E-state index in [1.54, 1.807) is 6.08 Å². The van der Waals surface area contributed by atoms with Gasteiger partial charge in [0.1, 0.15) is 6.61 Å². The van der Waals surface area contributed by atoms with Gasteiger partial charge in [0.05, 0.1) is 5.71 Å². The highest BCUT2D eigenvalue weighted by molar-refractivity contribution is 5.85. The molecule has 0 saturated heterocycles. The van der Waals surface area contributed by atoms with Gasteiger partial charge in [0, 0.05) is 0 Å². The first-order valence-corrected chi connectivity index (χ1v) is 5.01. The van der Waals surface area contributed by atoms with Crippen LogP contribution in [0.3, 0.4) is 0 Å². The second kappa shape index (κ2) is 5.05. The van der Waals surface area contributed by atoms with Gasteiger partial charge < -0.3 is 4.84 Å². The van der Waals surface area contributed by atoms with Crippen LogP contribution in [0.4, 0.5) is 0 Å². The molecule has 74 valence electrons. The lowest BCUT2D eigenvalue weighted by Gasteiger charge is -2.24. The molecule has 2 heteroatoms. The van der Waals surface area contributed by atoms with E-state index in [2.05, 4.69) is 25.6 Å². The zero-order valence-electron chi connectivity index (χ0n) is 8.62. The third-order valence-corrected chi connectivity index (χ3v) is 2.36. The van der Waals surface area contributed by atoms with Crippen LogP contribution in [-0.4, -0.2) is 12.3 Å². The minimum atomic E-state index is 0.520. The van der Waals surface area contributed by atoms with Crippen molar-refractivity contribution in [2.75, 3.05) is 6.61 Å². The van der Waals surface area contributed by atoms with Crippen molar-refractivity contribution in [3.8, 4) is 0 Å². The van der Waals surface area contributed by atoms with Crippen molar-refractivity contribution in [1.29, 1.82) is 0 Å². The van der Waals surface area contributed by atoms with Crippen LogP contribution in [0, 0.1) is 11.8 Å². The Hall–Kier alpha value is -0.790. The zero-order valence-corrected chi connectivity index (χ0v) is 8.62. The molecule has 1 aliphatic rings. The SMILES string of the molecule is C=CCON=C1CC(C)CC(C)C1. The summed E-state index contributed by atoms with van der Waals surface area (Å²) in [6.07, 6.45) is 5.24. The van der Waals surface area contributed by atoms with E-state index in [9.17, 15) is 0 Å². The molecule has 2 unspecified atom stereocenters. The molecule has 13 heavy (non-hydrogen) atoms. The summed E-state index contributed by atoms with van der Waals surface area (Å²) in [5, 5.41) is 4.12. The minimum Gasteiger partial charge on any atom is -0.392 e. The van der Waals surface area contributed by atoms with Crippen LogP contribution in [0.2, 0.25) is 0 Å². The highest BCUT2D eigenvalue weighted by atomic mass is 16.6. The first-order chi connectivity index (χ1) is 6.22. The van der Waals surface area contributed by atoms with Gasteiger partial charge in [0.25, 0.3) is 0 Å². The molecule has 0 aliphatic heterocycles. The molecule has 0 bridgehead atoms. The van der Waals surface area contributed by atoms with E-state index in [0.717, 1.165) is 24.7 Å². The molecule has 0 aromatic rings. The van der Waals surface area contributed by atoms with Crippen molar-refractivity contribution >= 4 is 5.71 Å². The highest BCUT2D eigenvalue weighted by Gasteiger charge is 2.20. The van der Waals surface area contributed by atoms with Crippen molar-refractivity contribution in [3.05, 3.63) is 12.7 Å². The minimum absolute atomic E-state index is 0.520. The summed E-state index contributed by atoms with van der Waals surface area (Å²) in [6, 6.07) is 0. The van der Waals surface area contributed by atoms with Crippen molar-refractivity contribution < 1.29 is 4.84 Å². The first-order valence-electron chi connectivity index (χ1n) is 5.01. The molecule has 0 amide bonds. The Morgan fingerprint density at radius 1 is 1.46 bits per heavy atom. The lowest BCUT2D eigenvalue weighted by molar-refractivity contribution is 0.170. The summed E-state index contributed by atoms with van der Waals surface area (Å²) < 4.78 is 0. The Labute approximate surface area is 80.7 Å². The van der Waals surface area contributed by atoms with E-state index in [1.807, 2.05) is 0 Å². The molecule has 1 rings (SSSR count). The van der Waals surface area contributed by atoms with Gasteiger partial charge in [0.2, 0.25) is 0 Å². The van der Waals surface area contributed by atoms with Gasteiger partial charge in [-0.25, -0.2) is 0 Å². The Kier molecular flexibility index (Phi) is 4.00. The van der Waals surface area contributed by atoms with E-state index >= 15 is 0 Å². The zero-order chi connectivity index (χ0) is 9.68. The van der Waals surface area contributed by atoms with Gasteiger partial charge >= 0.3 is 0 Å². The lowest BCUT2D eigenvalue weighted by atomic mass is 9.82. The Bertz CT molecular complexity index is 186. The predicted octanol–water partition coefficient (Wildman–Crippen LogP) is 3.00. The molecular weight excluding hydrogens is 162 g/mol. The van der Waals surface area contributed by atoms with Crippen LogP contribution in [0.1, 0.15) is 33.1 Å². The Balaban J connectivity index is 2.39. The first kappa shape index (κ1) is 10.3. The fraction of sp³-hybridized carbons (Fsp3) is 0.727. The van der Waals surface area contributed by atoms with Crippen LogP contribution in [0.25, 0.3) is 0 Å². The Morgan fingerprint density at radius 3 is 2.62 bits per heavy atom. The van der Waals surface area contributed by atoms with Gasteiger partial charge in [0.15, 0.2) is 0 Å². The average molecular weight is 181 g/mol. The number of oxime groups is 1. The summed E-state index contributed by atoms with van der Waals surface area (Å²) in [5.41, 5.74) is 1.22. The van der Waals surface area contributed by atoms with Crippen LogP contribution >= 0.6 is 0 Å². The van der Waals surface area contributed by atoms with E-state index in [-0.39, 0.29) is 0 Å². The summed E-state index contributed by atoms with van der Waals surface area (Å²) in [6.45, 7) is 8.65. The van der Waals surface area contributed by atoms with Crippen molar-refractivity contribution in [1.82, 2.24) is 0 Å². The smallest absolute Gasteiger partial charge is 0.135 e. The van der Waals surface area contributed by atoms with E-state index in [1.165, 1.54) is 12.1 Å². The van der Waals surface area contributed by atoms with Crippen molar-refractivity contribution in [2.24, 2.45) is 17.0 Å². The summed E-state index contributed by atoms with van der Waals surface area (Å²) in [7, 11) is 0. The van der Waals surface area contributed by atoms with Crippen LogP contribution in [-0.2, 0) is 4.84 Å². The second-order valence-corrected chi connectivity index (χ2v) is 4.10. The largest absolute Gasteiger partial charge is 0.392 e. The highest BCUT2D eigenvalue weighted by Crippen LogP contribution is 2.26. The van der Waals surface area contributed by atoms with Crippen LogP contribution in [0.15, 0.2) is 17.8 Å². The fourth-order valence-electron chi connectivity index (χ4n) is 2.00. The number of hydrogen-bond acceptors (Lipinski definition) is 2. The third-order valence-electron chi connectivity index (χ3n) is 2.36. The van der Waals surface area contributed by atoms with Gasteiger partial charge in [-0.1, -0.05) is 31.7 Å². The van der Waals surface area contributed by atoms with E-state index < -0.39 is 0 Å². The second-order valence-electron chi connectivity index (χ2n) is 4.10. The quantitative estimate of drug-likeness (QED) is 0.372. The van der Waals surface area contributed by atoms with Gasteiger partial charge in [-0.15, -0.1) is 0 Å². The summed E-state index contributed by atoms with van der Waals surface area (Å²) in [5.74, 6) is 1.52. The number of nitrogens with zero attached hydrogens (tertiary/aromatic N) is 1. The molecule has 1 aliphatic carbocycles. The van der Waals surface area contributed by atoms with Crippen molar-refractivity contribution in [2.45, 2.75) is 33.1 Å². The van der Waals surface area contributed by atoms with Gasteiger partial charge in [-0.2, -0.15) is 0 Å². The maximum Gasteiger partial charge on any atom is 0.135 e. The summed E-state index contributed by atoms with van der Waals surface area (Å²) in [4.78, 5) is 5.09. The predicted molar refractivity (Wildman–Crippen MR) is 55.8 cm³/mol. The third kappa shape index (κ3) is 3.62. The van der Waals surface area contributed by atoms with E-state index in [0.29, 0.717) is 6.61 Å². The molecule has 0 heterocycles. The van der Waals surface area contributed by atoms with Crippen molar-refractivity contribution in [3.63, 3.8) is 0 Å². The fourth-order valence-corrected chi connectivity index (χ4v) is 2.00. The molecule has 1 saturated carbocycles. The number of rotatable bonds is 3. The maximum absolute atomic E-state index is 5.09. The number of hydrogen-bond donors (Lipinski definition) is 0.